The van der Waals surface area contributed by atoms with Crippen molar-refractivity contribution >= 4 is 0 Å². The number of likely N-dealkylation sites (N-methyl/N-ethyl adjacent to an activating group) is 1. The number of hydrogen-bond donors (Lipinski definition) is 1. The first-order chi connectivity index (χ1) is 9.52. The van der Waals surface area contributed by atoms with Crippen molar-refractivity contribution in [2.75, 3.05) is 26.2 Å². The normalized spacial score (nSPS) is 13.4. The van der Waals surface area contributed by atoms with E-state index in [0.717, 1.165) is 13.1 Å². The third kappa shape index (κ3) is 6.53. The Hall–Kier alpha value is -0.860. The molecular weight excluding hydrogens is 244 g/mol. The summed E-state index contributed by atoms with van der Waals surface area (Å²) in [6.07, 6.45) is 0. The second kappa shape index (κ2) is 9.15. The van der Waals surface area contributed by atoms with E-state index in [4.69, 9.17) is 0 Å². The van der Waals surface area contributed by atoms with Crippen LogP contribution < -0.4 is 5.32 Å². The minimum Gasteiger partial charge on any atom is -0.309 e. The van der Waals surface area contributed by atoms with Crippen molar-refractivity contribution in [1.82, 2.24) is 10.2 Å². The summed E-state index contributed by atoms with van der Waals surface area (Å²) in [5, 5.41) is 3.63. The topological polar surface area (TPSA) is 15.3 Å². The quantitative estimate of drug-likeness (QED) is 0.734. The van der Waals surface area contributed by atoms with Gasteiger partial charge < -0.3 is 10.2 Å². The van der Waals surface area contributed by atoms with Crippen LogP contribution in [-0.4, -0.2) is 31.1 Å². The van der Waals surface area contributed by atoms with E-state index in [-0.39, 0.29) is 0 Å². The minimum absolute atomic E-state index is 0.429. The summed E-state index contributed by atoms with van der Waals surface area (Å²) in [5.74, 6) is 1.43. The third-order valence-corrected chi connectivity index (χ3v) is 3.34. The molecule has 1 rings (SSSR count). The predicted molar refractivity (Wildman–Crippen MR) is 89.0 cm³/mol. The fourth-order valence-corrected chi connectivity index (χ4v) is 2.73. The summed E-state index contributed by atoms with van der Waals surface area (Å²) in [7, 11) is 0. The maximum Gasteiger partial charge on any atom is 0.0449 e. The van der Waals surface area contributed by atoms with Gasteiger partial charge in [-0.3, -0.25) is 0 Å². The zero-order valence-electron chi connectivity index (χ0n) is 13.9. The highest BCUT2D eigenvalue weighted by molar-refractivity contribution is 5.19. The van der Waals surface area contributed by atoms with Crippen LogP contribution in [0.1, 0.15) is 46.2 Å². The Morgan fingerprint density at radius 3 is 1.90 bits per heavy atom. The molecule has 0 amide bonds. The van der Waals surface area contributed by atoms with Crippen LogP contribution in [-0.2, 0) is 0 Å². The highest BCUT2D eigenvalue weighted by Gasteiger charge is 2.16. The van der Waals surface area contributed by atoms with Crippen molar-refractivity contribution in [2.45, 2.75) is 40.7 Å². The number of benzene rings is 1. The van der Waals surface area contributed by atoms with E-state index in [2.05, 4.69) is 75.2 Å². The molecule has 0 aliphatic rings. The van der Waals surface area contributed by atoms with Gasteiger partial charge in [0, 0.05) is 25.7 Å². The van der Waals surface area contributed by atoms with Crippen molar-refractivity contribution in [3.8, 4) is 0 Å². The molecule has 20 heavy (non-hydrogen) atoms. The Balaban J connectivity index is 2.74. The van der Waals surface area contributed by atoms with Crippen LogP contribution in [0.25, 0.3) is 0 Å². The average molecular weight is 276 g/mol. The van der Waals surface area contributed by atoms with Gasteiger partial charge in [0.1, 0.15) is 0 Å². The molecule has 0 aromatic heterocycles. The Morgan fingerprint density at radius 1 is 0.900 bits per heavy atom. The van der Waals surface area contributed by atoms with E-state index in [1.807, 2.05) is 0 Å². The van der Waals surface area contributed by atoms with Crippen molar-refractivity contribution in [3.63, 3.8) is 0 Å². The highest BCUT2D eigenvalue weighted by Crippen LogP contribution is 2.16. The fraction of sp³-hybridized carbons (Fsp3) is 0.667. The summed E-state index contributed by atoms with van der Waals surface area (Å²) in [5.41, 5.74) is 1.40. The van der Waals surface area contributed by atoms with Crippen molar-refractivity contribution in [3.05, 3.63) is 35.9 Å². The molecule has 0 heterocycles. The number of rotatable bonds is 9. The second-order valence-electron chi connectivity index (χ2n) is 6.53. The molecule has 1 aromatic carbocycles. The monoisotopic (exact) mass is 276 g/mol. The van der Waals surface area contributed by atoms with Gasteiger partial charge in [-0.15, -0.1) is 0 Å². The lowest BCUT2D eigenvalue weighted by molar-refractivity contribution is 0.198. The van der Waals surface area contributed by atoms with Gasteiger partial charge in [0.15, 0.2) is 0 Å². The first-order valence-corrected chi connectivity index (χ1v) is 8.03. The zero-order chi connectivity index (χ0) is 15.0. The van der Waals surface area contributed by atoms with Crippen LogP contribution in [0, 0.1) is 11.8 Å². The number of nitrogens with zero attached hydrogens (tertiary/aromatic N) is 1. The molecule has 1 atom stereocenters. The van der Waals surface area contributed by atoms with E-state index in [0.29, 0.717) is 17.9 Å². The summed E-state index contributed by atoms with van der Waals surface area (Å²) < 4.78 is 0. The van der Waals surface area contributed by atoms with Crippen molar-refractivity contribution < 1.29 is 0 Å². The van der Waals surface area contributed by atoms with E-state index >= 15 is 0 Å². The molecule has 1 N–H and O–H groups in total. The van der Waals surface area contributed by atoms with Gasteiger partial charge in [0.05, 0.1) is 0 Å². The average Bonchev–Trinajstić information content (AvgIpc) is 2.37. The third-order valence-electron chi connectivity index (χ3n) is 3.34. The van der Waals surface area contributed by atoms with Crippen LogP contribution in [0.15, 0.2) is 30.3 Å². The van der Waals surface area contributed by atoms with Gasteiger partial charge >= 0.3 is 0 Å². The molecule has 2 nitrogen and oxygen atoms in total. The molecule has 0 radical (unpaired) electrons. The standard InChI is InChI=1S/C18H32N2/c1-6-19-18(17-10-8-7-9-11-17)14-20(12-15(2)3)13-16(4)5/h7-11,15-16,18-19H,6,12-14H2,1-5H3. The number of nitrogens with one attached hydrogen (secondary N) is 1. The molecule has 1 aromatic rings. The minimum atomic E-state index is 0.429. The van der Waals surface area contributed by atoms with Crippen LogP contribution in [0.5, 0.6) is 0 Å². The van der Waals surface area contributed by atoms with E-state index < -0.39 is 0 Å². The van der Waals surface area contributed by atoms with E-state index in [9.17, 15) is 0 Å². The Bertz CT molecular complexity index is 336. The van der Waals surface area contributed by atoms with E-state index in [1.165, 1.54) is 18.7 Å². The first kappa shape index (κ1) is 17.2. The van der Waals surface area contributed by atoms with Crippen molar-refractivity contribution in [2.24, 2.45) is 11.8 Å². The molecule has 0 spiro atoms. The smallest absolute Gasteiger partial charge is 0.0449 e. The van der Waals surface area contributed by atoms with Crippen LogP contribution in [0.4, 0.5) is 0 Å². The molecule has 114 valence electrons. The molecular formula is C18H32N2. The van der Waals surface area contributed by atoms with Crippen molar-refractivity contribution in [1.29, 1.82) is 0 Å². The molecule has 2 heteroatoms. The van der Waals surface area contributed by atoms with Gasteiger partial charge in [0.25, 0.3) is 0 Å². The molecule has 0 aliphatic heterocycles. The van der Waals surface area contributed by atoms with E-state index in [1.54, 1.807) is 0 Å². The Labute approximate surface area is 125 Å². The SMILES string of the molecule is CCNC(CN(CC(C)C)CC(C)C)c1ccccc1. The summed E-state index contributed by atoms with van der Waals surface area (Å²) in [6.45, 7) is 15.8. The first-order valence-electron chi connectivity index (χ1n) is 8.03. The molecule has 0 fully saturated rings. The lowest BCUT2D eigenvalue weighted by Crippen LogP contribution is -2.39. The van der Waals surface area contributed by atoms with Gasteiger partial charge in [-0.25, -0.2) is 0 Å². The molecule has 1 unspecified atom stereocenters. The molecule has 0 saturated heterocycles. The van der Waals surface area contributed by atoms with Gasteiger partial charge in [-0.2, -0.15) is 0 Å². The highest BCUT2D eigenvalue weighted by atomic mass is 15.1. The Kier molecular flexibility index (Phi) is 7.86. The van der Waals surface area contributed by atoms with Crippen LogP contribution in [0.2, 0.25) is 0 Å². The van der Waals surface area contributed by atoms with Gasteiger partial charge in [-0.1, -0.05) is 65.0 Å². The lowest BCUT2D eigenvalue weighted by atomic mass is 10.0. The second-order valence-corrected chi connectivity index (χ2v) is 6.53. The fourth-order valence-electron chi connectivity index (χ4n) is 2.73. The molecule has 0 aliphatic carbocycles. The van der Waals surface area contributed by atoms with Gasteiger partial charge in [0.2, 0.25) is 0 Å². The Morgan fingerprint density at radius 2 is 1.45 bits per heavy atom. The lowest BCUT2D eigenvalue weighted by Gasteiger charge is -2.31. The predicted octanol–water partition coefficient (Wildman–Crippen LogP) is 3.95. The maximum absolute atomic E-state index is 3.63. The summed E-state index contributed by atoms with van der Waals surface area (Å²) in [6, 6.07) is 11.3. The van der Waals surface area contributed by atoms with Crippen LogP contribution in [0.3, 0.4) is 0 Å². The van der Waals surface area contributed by atoms with Gasteiger partial charge in [-0.05, 0) is 23.9 Å². The molecule has 0 saturated carbocycles. The summed E-state index contributed by atoms with van der Waals surface area (Å²) in [4.78, 5) is 2.61. The van der Waals surface area contributed by atoms with Crippen LogP contribution >= 0.6 is 0 Å². The summed E-state index contributed by atoms with van der Waals surface area (Å²) >= 11 is 0. The molecule has 0 bridgehead atoms. The maximum atomic E-state index is 3.63. The number of hydrogen-bond acceptors (Lipinski definition) is 2. The largest absolute Gasteiger partial charge is 0.309 e. The zero-order valence-corrected chi connectivity index (χ0v) is 13.9.